The second kappa shape index (κ2) is 6.39. The van der Waals surface area contributed by atoms with Crippen LogP contribution in [0.1, 0.15) is 23.2 Å². The van der Waals surface area contributed by atoms with Gasteiger partial charge in [-0.1, -0.05) is 18.2 Å². The number of carbonyl (C=O) groups excluding carboxylic acids is 2. The van der Waals surface area contributed by atoms with Gasteiger partial charge in [0.2, 0.25) is 0 Å². The molecule has 0 saturated heterocycles. The van der Waals surface area contributed by atoms with Gasteiger partial charge in [0, 0.05) is 11.4 Å². The van der Waals surface area contributed by atoms with E-state index in [0.29, 0.717) is 27.9 Å². The SMILES string of the molecule is O=C(COC(=O)c1cc(-c2ccco2)nc2ccccc12)NC1CC1. The van der Waals surface area contributed by atoms with Crippen molar-refractivity contribution in [3.8, 4) is 11.5 Å². The predicted molar refractivity (Wildman–Crippen MR) is 90.9 cm³/mol. The van der Waals surface area contributed by atoms with E-state index in [0.717, 1.165) is 12.8 Å². The first-order valence-electron chi connectivity index (χ1n) is 8.11. The molecule has 4 rings (SSSR count). The van der Waals surface area contributed by atoms with E-state index in [4.69, 9.17) is 9.15 Å². The molecular weight excluding hydrogens is 320 g/mol. The number of hydrogen-bond donors (Lipinski definition) is 1. The summed E-state index contributed by atoms with van der Waals surface area (Å²) >= 11 is 0. The first kappa shape index (κ1) is 15.4. The molecule has 0 unspecified atom stereocenters. The van der Waals surface area contributed by atoms with Crippen molar-refractivity contribution in [2.75, 3.05) is 6.61 Å². The van der Waals surface area contributed by atoms with Gasteiger partial charge in [-0.2, -0.15) is 0 Å². The number of para-hydroxylation sites is 1. The maximum Gasteiger partial charge on any atom is 0.339 e. The van der Waals surface area contributed by atoms with E-state index in [1.807, 2.05) is 18.2 Å². The maximum atomic E-state index is 12.5. The third-order valence-electron chi connectivity index (χ3n) is 3.99. The summed E-state index contributed by atoms with van der Waals surface area (Å²) in [5.41, 5.74) is 1.56. The standard InChI is InChI=1S/C19H16N2O4/c22-18(20-12-7-8-12)11-25-19(23)14-10-16(17-6-3-9-24-17)21-15-5-2-1-4-13(14)15/h1-6,9-10,12H,7-8,11H2,(H,20,22). The van der Waals surface area contributed by atoms with Crippen LogP contribution >= 0.6 is 0 Å². The Labute approximate surface area is 143 Å². The molecular formula is C19H16N2O4. The number of ether oxygens (including phenoxy) is 1. The average molecular weight is 336 g/mol. The molecule has 1 fully saturated rings. The Morgan fingerprint density at radius 3 is 2.80 bits per heavy atom. The Morgan fingerprint density at radius 2 is 2.04 bits per heavy atom. The van der Waals surface area contributed by atoms with Crippen LogP contribution in [0.2, 0.25) is 0 Å². The zero-order valence-corrected chi connectivity index (χ0v) is 13.4. The maximum absolute atomic E-state index is 12.5. The van der Waals surface area contributed by atoms with E-state index in [9.17, 15) is 9.59 Å². The van der Waals surface area contributed by atoms with Crippen molar-refractivity contribution in [2.24, 2.45) is 0 Å². The van der Waals surface area contributed by atoms with Gasteiger partial charge in [-0.05, 0) is 37.1 Å². The number of furan rings is 1. The lowest BCUT2D eigenvalue weighted by molar-refractivity contribution is -0.124. The molecule has 6 nitrogen and oxygen atoms in total. The molecule has 2 aromatic heterocycles. The number of benzene rings is 1. The zero-order chi connectivity index (χ0) is 17.2. The summed E-state index contributed by atoms with van der Waals surface area (Å²) in [4.78, 5) is 28.8. The molecule has 25 heavy (non-hydrogen) atoms. The van der Waals surface area contributed by atoms with Gasteiger partial charge in [0.05, 0.1) is 17.3 Å². The lowest BCUT2D eigenvalue weighted by atomic mass is 10.1. The van der Waals surface area contributed by atoms with Crippen LogP contribution in [0, 0.1) is 0 Å². The quantitative estimate of drug-likeness (QED) is 0.725. The van der Waals surface area contributed by atoms with Crippen LogP contribution in [-0.4, -0.2) is 29.5 Å². The van der Waals surface area contributed by atoms with E-state index < -0.39 is 5.97 Å². The van der Waals surface area contributed by atoms with Crippen molar-refractivity contribution in [3.05, 3.63) is 54.3 Å². The van der Waals surface area contributed by atoms with E-state index in [2.05, 4.69) is 10.3 Å². The van der Waals surface area contributed by atoms with Gasteiger partial charge >= 0.3 is 5.97 Å². The van der Waals surface area contributed by atoms with E-state index in [-0.39, 0.29) is 18.6 Å². The van der Waals surface area contributed by atoms with Gasteiger partial charge in [0.15, 0.2) is 12.4 Å². The van der Waals surface area contributed by atoms with Crippen molar-refractivity contribution in [1.82, 2.24) is 10.3 Å². The molecule has 1 N–H and O–H groups in total. The summed E-state index contributed by atoms with van der Waals surface area (Å²) in [5, 5.41) is 3.46. The molecule has 3 aromatic rings. The first-order chi connectivity index (χ1) is 12.2. The number of esters is 1. The number of rotatable bonds is 5. The van der Waals surface area contributed by atoms with Gasteiger partial charge in [-0.25, -0.2) is 9.78 Å². The lowest BCUT2D eigenvalue weighted by Crippen LogP contribution is -2.30. The van der Waals surface area contributed by atoms with Gasteiger partial charge in [-0.15, -0.1) is 0 Å². The van der Waals surface area contributed by atoms with E-state index >= 15 is 0 Å². The number of nitrogens with zero attached hydrogens (tertiary/aromatic N) is 1. The molecule has 1 saturated carbocycles. The van der Waals surface area contributed by atoms with Crippen LogP contribution < -0.4 is 5.32 Å². The minimum atomic E-state index is -0.558. The van der Waals surface area contributed by atoms with Crippen molar-refractivity contribution in [1.29, 1.82) is 0 Å². The fraction of sp³-hybridized carbons (Fsp3) is 0.211. The van der Waals surface area contributed by atoms with Crippen LogP contribution in [-0.2, 0) is 9.53 Å². The monoisotopic (exact) mass is 336 g/mol. The molecule has 1 aliphatic carbocycles. The highest BCUT2D eigenvalue weighted by Gasteiger charge is 2.24. The van der Waals surface area contributed by atoms with Gasteiger partial charge in [-0.3, -0.25) is 4.79 Å². The first-order valence-corrected chi connectivity index (χ1v) is 8.11. The third kappa shape index (κ3) is 3.38. The van der Waals surface area contributed by atoms with Crippen molar-refractivity contribution in [2.45, 2.75) is 18.9 Å². The molecule has 0 aliphatic heterocycles. The van der Waals surface area contributed by atoms with Crippen LogP contribution in [0.3, 0.4) is 0 Å². The van der Waals surface area contributed by atoms with E-state index in [1.54, 1.807) is 30.5 Å². The minimum absolute atomic E-state index is 0.235. The Balaban J connectivity index is 1.62. The molecule has 0 radical (unpaired) electrons. The summed E-state index contributed by atoms with van der Waals surface area (Å²) in [7, 11) is 0. The number of aromatic nitrogens is 1. The molecule has 0 atom stereocenters. The number of pyridine rings is 1. The van der Waals surface area contributed by atoms with Gasteiger partial charge in [0.25, 0.3) is 5.91 Å². The normalized spacial score (nSPS) is 13.6. The zero-order valence-electron chi connectivity index (χ0n) is 13.4. The minimum Gasteiger partial charge on any atom is -0.463 e. The second-order valence-electron chi connectivity index (χ2n) is 5.97. The Morgan fingerprint density at radius 1 is 1.20 bits per heavy atom. The Kier molecular flexibility index (Phi) is 3.93. The molecule has 1 aliphatic rings. The summed E-state index contributed by atoms with van der Waals surface area (Å²) in [6, 6.07) is 12.7. The van der Waals surface area contributed by atoms with Crippen molar-refractivity contribution in [3.63, 3.8) is 0 Å². The number of fused-ring (bicyclic) bond motifs is 1. The van der Waals surface area contributed by atoms with Crippen molar-refractivity contribution >= 4 is 22.8 Å². The van der Waals surface area contributed by atoms with Gasteiger partial charge in [0.1, 0.15) is 5.69 Å². The molecule has 126 valence electrons. The molecule has 0 bridgehead atoms. The second-order valence-corrected chi connectivity index (χ2v) is 5.97. The van der Waals surface area contributed by atoms with Crippen molar-refractivity contribution < 1.29 is 18.7 Å². The largest absolute Gasteiger partial charge is 0.463 e. The van der Waals surface area contributed by atoms with Crippen LogP contribution in [0.5, 0.6) is 0 Å². The van der Waals surface area contributed by atoms with Crippen LogP contribution in [0.15, 0.2) is 53.1 Å². The highest BCUT2D eigenvalue weighted by molar-refractivity contribution is 6.05. The Hall–Kier alpha value is -3.15. The summed E-state index contributed by atoms with van der Waals surface area (Å²) in [5.74, 6) is -0.274. The van der Waals surface area contributed by atoms with Crippen LogP contribution in [0.25, 0.3) is 22.4 Å². The molecule has 0 spiro atoms. The summed E-state index contributed by atoms with van der Waals surface area (Å²) in [6.07, 6.45) is 3.52. The number of amides is 1. The smallest absolute Gasteiger partial charge is 0.339 e. The molecule has 1 amide bonds. The highest BCUT2D eigenvalue weighted by Crippen LogP contribution is 2.25. The lowest BCUT2D eigenvalue weighted by Gasteiger charge is -2.09. The third-order valence-corrected chi connectivity index (χ3v) is 3.99. The summed E-state index contributed by atoms with van der Waals surface area (Å²) in [6.45, 7) is -0.290. The predicted octanol–water partition coefficient (Wildman–Crippen LogP) is 2.93. The van der Waals surface area contributed by atoms with E-state index in [1.165, 1.54) is 0 Å². The fourth-order valence-electron chi connectivity index (χ4n) is 2.60. The highest BCUT2D eigenvalue weighted by atomic mass is 16.5. The molecule has 6 heteroatoms. The molecule has 1 aromatic carbocycles. The summed E-state index contributed by atoms with van der Waals surface area (Å²) < 4.78 is 10.6. The van der Waals surface area contributed by atoms with Crippen LogP contribution in [0.4, 0.5) is 0 Å². The number of carbonyl (C=O) groups is 2. The number of nitrogens with one attached hydrogen (secondary N) is 1. The fourth-order valence-corrected chi connectivity index (χ4v) is 2.60. The topological polar surface area (TPSA) is 81.4 Å². The Bertz CT molecular complexity index is 930. The molecule has 2 heterocycles. The van der Waals surface area contributed by atoms with Gasteiger partial charge < -0.3 is 14.5 Å². The average Bonchev–Trinajstić information content (AvgIpc) is 3.27. The number of hydrogen-bond acceptors (Lipinski definition) is 5.